The van der Waals surface area contributed by atoms with E-state index in [0.29, 0.717) is 0 Å². The molecule has 1 saturated heterocycles. The van der Waals surface area contributed by atoms with Gasteiger partial charge in [0.25, 0.3) is 5.91 Å². The molecule has 1 aliphatic rings. The summed E-state index contributed by atoms with van der Waals surface area (Å²) in [5.74, 6) is -0.300. The lowest BCUT2D eigenvalue weighted by Gasteiger charge is -2.10. The summed E-state index contributed by atoms with van der Waals surface area (Å²) in [4.78, 5) is 22.8. The van der Waals surface area contributed by atoms with Gasteiger partial charge in [-0.3, -0.25) is 10.1 Å². The van der Waals surface area contributed by atoms with Gasteiger partial charge in [-0.15, -0.1) is 0 Å². The van der Waals surface area contributed by atoms with E-state index >= 15 is 0 Å². The van der Waals surface area contributed by atoms with Crippen LogP contribution in [0.4, 0.5) is 4.79 Å². The number of carbonyl (C=O) groups excluding carboxylic acids is 2. The van der Waals surface area contributed by atoms with Crippen molar-refractivity contribution in [1.29, 1.82) is 0 Å². The Morgan fingerprint density at radius 3 is 2.47 bits per heavy atom. The Hall–Kier alpha value is -2.36. The van der Waals surface area contributed by atoms with Crippen LogP contribution in [0.5, 0.6) is 0 Å². The van der Waals surface area contributed by atoms with Crippen molar-refractivity contribution in [3.8, 4) is 0 Å². The third-order valence-corrected chi connectivity index (χ3v) is 2.91. The van der Waals surface area contributed by atoms with Gasteiger partial charge >= 0.3 is 6.03 Å². The van der Waals surface area contributed by atoms with Crippen molar-refractivity contribution in [2.75, 3.05) is 0 Å². The normalized spacial score (nSPS) is 19.2. The van der Waals surface area contributed by atoms with E-state index in [4.69, 9.17) is 0 Å². The fraction of sp³-hybridized carbons (Fsp3) is 0.0769. The highest BCUT2D eigenvalue weighted by molar-refractivity contribution is 6.06. The van der Waals surface area contributed by atoms with E-state index in [-0.39, 0.29) is 5.91 Å². The largest absolute Gasteiger partial charge is 0.322 e. The van der Waals surface area contributed by atoms with E-state index in [9.17, 15) is 9.59 Å². The van der Waals surface area contributed by atoms with Gasteiger partial charge in [-0.25, -0.2) is 4.79 Å². The highest BCUT2D eigenvalue weighted by Gasteiger charge is 2.31. The quantitative estimate of drug-likeness (QED) is 0.727. The van der Waals surface area contributed by atoms with Gasteiger partial charge in [-0.05, 0) is 16.3 Å². The van der Waals surface area contributed by atoms with Gasteiger partial charge in [0.2, 0.25) is 0 Å². The van der Waals surface area contributed by atoms with E-state index in [0.717, 1.165) is 16.3 Å². The molecule has 4 nitrogen and oxygen atoms in total. The maximum atomic E-state index is 11.6. The van der Waals surface area contributed by atoms with E-state index in [2.05, 4.69) is 10.6 Å². The Labute approximate surface area is 97.6 Å². The zero-order valence-electron chi connectivity index (χ0n) is 8.94. The van der Waals surface area contributed by atoms with Gasteiger partial charge in [0, 0.05) is 0 Å². The molecule has 0 radical (unpaired) electrons. The number of benzene rings is 2. The van der Waals surface area contributed by atoms with Gasteiger partial charge < -0.3 is 5.32 Å². The van der Waals surface area contributed by atoms with Gasteiger partial charge in [-0.1, -0.05) is 42.5 Å². The van der Waals surface area contributed by atoms with Crippen molar-refractivity contribution in [2.24, 2.45) is 0 Å². The monoisotopic (exact) mass is 226 g/mol. The number of hydrogen-bond donors (Lipinski definition) is 2. The average molecular weight is 226 g/mol. The van der Waals surface area contributed by atoms with Gasteiger partial charge in [0.15, 0.2) is 0 Å². The van der Waals surface area contributed by atoms with Crippen LogP contribution in [0.2, 0.25) is 0 Å². The smallest absolute Gasteiger partial charge is 0.322 e. The van der Waals surface area contributed by atoms with E-state index in [1.807, 2.05) is 42.5 Å². The molecule has 1 aliphatic heterocycles. The first-order valence-corrected chi connectivity index (χ1v) is 5.35. The van der Waals surface area contributed by atoms with E-state index < -0.39 is 12.1 Å². The summed E-state index contributed by atoms with van der Waals surface area (Å²) in [5, 5.41) is 6.89. The predicted molar refractivity (Wildman–Crippen MR) is 63.4 cm³/mol. The summed E-state index contributed by atoms with van der Waals surface area (Å²) < 4.78 is 0. The van der Waals surface area contributed by atoms with Gasteiger partial charge in [0.05, 0.1) is 0 Å². The first-order chi connectivity index (χ1) is 8.25. The summed E-state index contributed by atoms with van der Waals surface area (Å²) in [6.45, 7) is 0. The third kappa shape index (κ3) is 1.54. The van der Waals surface area contributed by atoms with Crippen LogP contribution in [0.25, 0.3) is 10.8 Å². The van der Waals surface area contributed by atoms with Crippen LogP contribution in [0.3, 0.4) is 0 Å². The minimum atomic E-state index is -0.589. The molecule has 3 amide bonds. The number of fused-ring (bicyclic) bond motifs is 1. The highest BCUT2D eigenvalue weighted by atomic mass is 16.2. The van der Waals surface area contributed by atoms with Crippen molar-refractivity contribution in [3.63, 3.8) is 0 Å². The molecule has 2 aromatic rings. The summed E-state index contributed by atoms with van der Waals surface area (Å²) in [6, 6.07) is 12.5. The molecule has 0 aromatic heterocycles. The van der Waals surface area contributed by atoms with Crippen LogP contribution in [-0.4, -0.2) is 11.9 Å². The van der Waals surface area contributed by atoms with Crippen LogP contribution < -0.4 is 10.6 Å². The summed E-state index contributed by atoms with van der Waals surface area (Å²) in [6.07, 6.45) is 0. The molecule has 1 atom stereocenters. The Morgan fingerprint density at radius 1 is 0.941 bits per heavy atom. The van der Waals surface area contributed by atoms with Crippen molar-refractivity contribution in [3.05, 3.63) is 48.0 Å². The Kier molecular flexibility index (Phi) is 2.08. The fourth-order valence-corrected chi connectivity index (χ4v) is 2.14. The molecule has 1 fully saturated rings. The molecular formula is C13H10N2O2. The molecule has 3 rings (SSSR count). The third-order valence-electron chi connectivity index (χ3n) is 2.91. The zero-order valence-corrected chi connectivity index (χ0v) is 8.94. The minimum absolute atomic E-state index is 0.300. The topological polar surface area (TPSA) is 58.2 Å². The number of hydrogen-bond acceptors (Lipinski definition) is 2. The van der Waals surface area contributed by atoms with Crippen LogP contribution in [0.15, 0.2) is 42.5 Å². The predicted octanol–water partition coefficient (Wildman–Crippen LogP) is 1.72. The fourth-order valence-electron chi connectivity index (χ4n) is 2.14. The second-order valence-electron chi connectivity index (χ2n) is 3.96. The number of urea groups is 1. The Bertz CT molecular complexity index is 616. The highest BCUT2D eigenvalue weighted by Crippen LogP contribution is 2.25. The molecule has 2 N–H and O–H groups in total. The van der Waals surface area contributed by atoms with Crippen LogP contribution in [0.1, 0.15) is 11.6 Å². The van der Waals surface area contributed by atoms with Crippen LogP contribution in [-0.2, 0) is 4.79 Å². The summed E-state index contributed by atoms with van der Waals surface area (Å²) in [5.41, 5.74) is 0.825. The molecule has 0 bridgehead atoms. The first-order valence-electron chi connectivity index (χ1n) is 5.35. The lowest BCUT2D eigenvalue weighted by atomic mass is 9.99. The first kappa shape index (κ1) is 9.84. The number of carbonyl (C=O) groups is 2. The molecular weight excluding hydrogens is 216 g/mol. The molecule has 2 aromatic carbocycles. The Morgan fingerprint density at radius 2 is 1.71 bits per heavy atom. The molecule has 0 unspecified atom stereocenters. The molecule has 0 spiro atoms. The van der Waals surface area contributed by atoms with Crippen molar-refractivity contribution < 1.29 is 9.59 Å². The maximum absolute atomic E-state index is 11.6. The second-order valence-corrected chi connectivity index (χ2v) is 3.96. The summed E-state index contributed by atoms with van der Waals surface area (Å²) >= 11 is 0. The van der Waals surface area contributed by atoms with Crippen molar-refractivity contribution in [1.82, 2.24) is 10.6 Å². The molecule has 84 valence electrons. The molecule has 1 heterocycles. The molecule has 0 saturated carbocycles. The molecule has 4 heteroatoms. The number of nitrogens with one attached hydrogen (secondary N) is 2. The van der Waals surface area contributed by atoms with Gasteiger partial charge in [-0.2, -0.15) is 0 Å². The minimum Gasteiger partial charge on any atom is -0.322 e. The maximum Gasteiger partial charge on any atom is 0.322 e. The van der Waals surface area contributed by atoms with E-state index in [1.165, 1.54) is 0 Å². The number of rotatable bonds is 1. The number of amides is 3. The van der Waals surface area contributed by atoms with Gasteiger partial charge in [0.1, 0.15) is 6.04 Å². The second kappa shape index (κ2) is 3.59. The lowest BCUT2D eigenvalue weighted by Crippen LogP contribution is -2.22. The van der Waals surface area contributed by atoms with Crippen LogP contribution >= 0.6 is 0 Å². The van der Waals surface area contributed by atoms with Crippen LogP contribution in [0, 0.1) is 0 Å². The summed E-state index contributed by atoms with van der Waals surface area (Å²) in [7, 11) is 0. The van der Waals surface area contributed by atoms with Crippen molar-refractivity contribution >= 4 is 22.7 Å². The lowest BCUT2D eigenvalue weighted by molar-refractivity contribution is -0.120. The standard InChI is InChI=1S/C13H10N2O2/c16-12-11(14-13(17)15-12)10-7-3-5-8-4-1-2-6-9(8)10/h1-7,11H,(H2,14,15,16,17)/t11-/m1/s1. The number of imide groups is 1. The zero-order chi connectivity index (χ0) is 11.8. The Balaban J connectivity index is 2.17. The SMILES string of the molecule is O=C1NC(=O)[C@@H](c2cccc3ccccc23)N1. The molecule has 0 aliphatic carbocycles. The van der Waals surface area contributed by atoms with Crippen molar-refractivity contribution in [2.45, 2.75) is 6.04 Å². The average Bonchev–Trinajstić information content (AvgIpc) is 2.68. The van der Waals surface area contributed by atoms with E-state index in [1.54, 1.807) is 0 Å². The molecule has 17 heavy (non-hydrogen) atoms.